The summed E-state index contributed by atoms with van der Waals surface area (Å²) in [6.45, 7) is 5.86. The van der Waals surface area contributed by atoms with E-state index in [1.165, 1.54) is 16.2 Å². The number of amides is 2. The van der Waals surface area contributed by atoms with Gasteiger partial charge in [-0.3, -0.25) is 0 Å². The smallest absolute Gasteiger partial charge is 0.325 e. The van der Waals surface area contributed by atoms with Gasteiger partial charge >= 0.3 is 6.03 Å². The zero-order valence-corrected chi connectivity index (χ0v) is 11.4. The average Bonchev–Trinajstić information content (AvgIpc) is 2.69. The van der Waals surface area contributed by atoms with E-state index in [1.54, 1.807) is 6.20 Å². The highest BCUT2D eigenvalue weighted by Gasteiger charge is 2.21. The first-order valence-electron chi connectivity index (χ1n) is 5.59. The maximum Gasteiger partial charge on any atom is 0.325 e. The lowest BCUT2D eigenvalue weighted by atomic mass is 10.1. The summed E-state index contributed by atoms with van der Waals surface area (Å²) in [6, 6.07) is 5.36. The normalized spacial score (nSPS) is 10.4. The molecule has 0 radical (unpaired) electrons. The van der Waals surface area contributed by atoms with Crippen LogP contribution in [0, 0.1) is 20.8 Å². The van der Waals surface area contributed by atoms with E-state index in [0.29, 0.717) is 5.13 Å². The molecule has 5 heteroatoms. The Labute approximate surface area is 110 Å². The Morgan fingerprint density at radius 1 is 1.28 bits per heavy atom. The van der Waals surface area contributed by atoms with Crippen LogP contribution in [0.25, 0.3) is 0 Å². The molecule has 0 atom stereocenters. The molecule has 2 N–H and O–H groups in total. The zero-order chi connectivity index (χ0) is 13.3. The number of aromatic nitrogens is 1. The number of anilines is 2. The van der Waals surface area contributed by atoms with E-state index in [-0.39, 0.29) is 0 Å². The van der Waals surface area contributed by atoms with Crippen molar-refractivity contribution in [2.45, 2.75) is 20.8 Å². The summed E-state index contributed by atoms with van der Waals surface area (Å²) in [6.07, 6.45) is 1.74. The van der Waals surface area contributed by atoms with Crippen molar-refractivity contribution in [2.75, 3.05) is 4.90 Å². The van der Waals surface area contributed by atoms with Crippen LogP contribution in [-0.2, 0) is 0 Å². The van der Waals surface area contributed by atoms with Crippen molar-refractivity contribution in [3.63, 3.8) is 0 Å². The van der Waals surface area contributed by atoms with Gasteiger partial charge in [0, 0.05) is 11.1 Å². The van der Waals surface area contributed by atoms with Gasteiger partial charge < -0.3 is 5.73 Å². The summed E-state index contributed by atoms with van der Waals surface area (Å²) >= 11 is 1.45. The first-order valence-corrected chi connectivity index (χ1v) is 6.40. The summed E-state index contributed by atoms with van der Waals surface area (Å²) in [5, 5.41) is 0.609. The lowest BCUT2D eigenvalue weighted by Gasteiger charge is -2.21. The molecule has 18 heavy (non-hydrogen) atoms. The standard InChI is InChI=1S/C13H15N3OS/c1-8-5-4-6-9(2)11(8)16(12(14)17)13-15-7-10(3)18-13/h4-7H,1-3H3,(H2,14,17). The van der Waals surface area contributed by atoms with Crippen LogP contribution >= 0.6 is 11.3 Å². The predicted molar refractivity (Wildman–Crippen MR) is 74.5 cm³/mol. The van der Waals surface area contributed by atoms with Gasteiger partial charge in [-0.2, -0.15) is 0 Å². The first kappa shape index (κ1) is 12.6. The molecule has 0 aliphatic carbocycles. The van der Waals surface area contributed by atoms with Crippen LogP contribution in [0.3, 0.4) is 0 Å². The molecule has 1 heterocycles. The van der Waals surface area contributed by atoms with Crippen molar-refractivity contribution in [3.05, 3.63) is 40.4 Å². The van der Waals surface area contributed by atoms with Crippen molar-refractivity contribution in [1.82, 2.24) is 4.98 Å². The second-order valence-corrected chi connectivity index (χ2v) is 5.38. The first-order chi connectivity index (χ1) is 8.50. The van der Waals surface area contributed by atoms with Gasteiger partial charge in [-0.05, 0) is 31.9 Å². The molecule has 4 nitrogen and oxygen atoms in total. The Balaban J connectivity index is 2.59. The highest BCUT2D eigenvalue weighted by molar-refractivity contribution is 7.15. The van der Waals surface area contributed by atoms with Gasteiger partial charge in [0.05, 0.1) is 5.69 Å². The van der Waals surface area contributed by atoms with Gasteiger partial charge in [-0.25, -0.2) is 14.7 Å². The summed E-state index contributed by atoms with van der Waals surface area (Å²) < 4.78 is 0. The van der Waals surface area contributed by atoms with Crippen molar-refractivity contribution >= 4 is 28.2 Å². The number of thiazole rings is 1. The Bertz CT molecular complexity index is 571. The molecular formula is C13H15N3OS. The van der Waals surface area contributed by atoms with Gasteiger partial charge in [-0.1, -0.05) is 18.2 Å². The predicted octanol–water partition coefficient (Wildman–Crippen LogP) is 3.29. The summed E-state index contributed by atoms with van der Waals surface area (Å²) in [5.74, 6) is 0. The zero-order valence-electron chi connectivity index (χ0n) is 10.6. The van der Waals surface area contributed by atoms with Crippen LogP contribution in [0.1, 0.15) is 16.0 Å². The van der Waals surface area contributed by atoms with Crippen molar-refractivity contribution in [3.8, 4) is 0 Å². The van der Waals surface area contributed by atoms with Crippen molar-refractivity contribution in [2.24, 2.45) is 5.73 Å². The van der Waals surface area contributed by atoms with E-state index in [0.717, 1.165) is 21.7 Å². The molecular weight excluding hydrogens is 246 g/mol. The number of rotatable bonds is 2. The number of carbonyl (C=O) groups is 1. The van der Waals surface area contributed by atoms with Crippen LogP contribution in [0.2, 0.25) is 0 Å². The van der Waals surface area contributed by atoms with Crippen LogP contribution in [0.5, 0.6) is 0 Å². The van der Waals surface area contributed by atoms with Gasteiger partial charge in [-0.15, -0.1) is 11.3 Å². The van der Waals surface area contributed by atoms with Gasteiger partial charge in [0.2, 0.25) is 0 Å². The van der Waals surface area contributed by atoms with Crippen LogP contribution in [0.4, 0.5) is 15.6 Å². The number of hydrogen-bond donors (Lipinski definition) is 1. The Morgan fingerprint density at radius 2 is 1.89 bits per heavy atom. The van der Waals surface area contributed by atoms with Gasteiger partial charge in [0.1, 0.15) is 0 Å². The molecule has 0 unspecified atom stereocenters. The Hall–Kier alpha value is -1.88. The number of hydrogen-bond acceptors (Lipinski definition) is 3. The third-order valence-electron chi connectivity index (χ3n) is 2.68. The number of aryl methyl sites for hydroxylation is 3. The van der Waals surface area contributed by atoms with Crippen LogP contribution < -0.4 is 10.6 Å². The molecule has 2 rings (SSSR count). The van der Waals surface area contributed by atoms with E-state index in [4.69, 9.17) is 5.73 Å². The number of para-hydroxylation sites is 1. The number of carbonyl (C=O) groups excluding carboxylic acids is 1. The van der Waals surface area contributed by atoms with Gasteiger partial charge in [0.25, 0.3) is 0 Å². The fourth-order valence-corrected chi connectivity index (χ4v) is 2.68. The van der Waals surface area contributed by atoms with Crippen molar-refractivity contribution in [1.29, 1.82) is 0 Å². The lowest BCUT2D eigenvalue weighted by Crippen LogP contribution is -2.32. The highest BCUT2D eigenvalue weighted by Crippen LogP contribution is 2.33. The number of nitrogens with zero attached hydrogens (tertiary/aromatic N) is 2. The topological polar surface area (TPSA) is 59.2 Å². The second-order valence-electron chi connectivity index (χ2n) is 4.17. The van der Waals surface area contributed by atoms with Crippen LogP contribution in [0.15, 0.2) is 24.4 Å². The second kappa shape index (κ2) is 4.78. The molecule has 0 saturated carbocycles. The fraction of sp³-hybridized carbons (Fsp3) is 0.231. The molecule has 0 bridgehead atoms. The SMILES string of the molecule is Cc1cnc(N(C(N)=O)c2c(C)cccc2C)s1. The Morgan fingerprint density at radius 3 is 2.33 bits per heavy atom. The summed E-state index contributed by atoms with van der Waals surface area (Å²) in [5.41, 5.74) is 8.32. The largest absolute Gasteiger partial charge is 0.351 e. The minimum Gasteiger partial charge on any atom is -0.351 e. The minimum absolute atomic E-state index is 0.512. The van der Waals surface area contributed by atoms with Gasteiger partial charge in [0.15, 0.2) is 5.13 Å². The van der Waals surface area contributed by atoms with Crippen LogP contribution in [-0.4, -0.2) is 11.0 Å². The maximum absolute atomic E-state index is 11.7. The summed E-state index contributed by atoms with van der Waals surface area (Å²) in [7, 11) is 0. The average molecular weight is 261 g/mol. The van der Waals surface area contributed by atoms with E-state index in [2.05, 4.69) is 4.98 Å². The lowest BCUT2D eigenvalue weighted by molar-refractivity contribution is 0.256. The molecule has 94 valence electrons. The summed E-state index contributed by atoms with van der Waals surface area (Å²) in [4.78, 5) is 18.5. The van der Waals surface area contributed by atoms with E-state index in [9.17, 15) is 4.79 Å². The molecule has 2 amide bonds. The molecule has 1 aromatic carbocycles. The molecule has 1 aromatic heterocycles. The minimum atomic E-state index is -0.512. The number of benzene rings is 1. The fourth-order valence-electron chi connectivity index (χ4n) is 1.90. The van der Waals surface area contributed by atoms with Crippen molar-refractivity contribution < 1.29 is 4.79 Å². The third-order valence-corrected chi connectivity index (χ3v) is 3.58. The number of primary amides is 1. The van der Waals surface area contributed by atoms with E-state index in [1.807, 2.05) is 39.0 Å². The molecule has 0 spiro atoms. The molecule has 0 fully saturated rings. The highest BCUT2D eigenvalue weighted by atomic mass is 32.1. The molecule has 0 saturated heterocycles. The maximum atomic E-state index is 11.7. The number of nitrogens with two attached hydrogens (primary N) is 1. The number of urea groups is 1. The van der Waals surface area contributed by atoms with E-state index < -0.39 is 6.03 Å². The van der Waals surface area contributed by atoms with E-state index >= 15 is 0 Å². The Kier molecular flexibility index (Phi) is 3.34. The quantitative estimate of drug-likeness (QED) is 0.901. The molecule has 2 aromatic rings. The third kappa shape index (κ3) is 2.22. The molecule has 0 aliphatic rings. The molecule has 0 aliphatic heterocycles. The monoisotopic (exact) mass is 261 g/mol.